The van der Waals surface area contributed by atoms with Crippen molar-refractivity contribution in [1.29, 1.82) is 0 Å². The molecule has 0 saturated heterocycles. The summed E-state index contributed by atoms with van der Waals surface area (Å²) < 4.78 is 28.4. The molecule has 0 aliphatic heterocycles. The minimum atomic E-state index is -3.77. The molecule has 2 rings (SSSR count). The second kappa shape index (κ2) is 10.4. The molecule has 0 radical (unpaired) electrons. The number of benzene rings is 2. The summed E-state index contributed by atoms with van der Waals surface area (Å²) in [6.45, 7) is 6.21. The van der Waals surface area contributed by atoms with E-state index in [-0.39, 0.29) is 30.1 Å². The van der Waals surface area contributed by atoms with Gasteiger partial charge in [0.25, 0.3) is 0 Å². The van der Waals surface area contributed by atoms with Crippen LogP contribution in [0.4, 0.5) is 4.79 Å². The van der Waals surface area contributed by atoms with Gasteiger partial charge in [-0.25, -0.2) is 18.4 Å². The number of nitrogens with one attached hydrogen (secondary N) is 1. The molecule has 2 aromatic rings. The van der Waals surface area contributed by atoms with E-state index in [0.29, 0.717) is 12.4 Å². The van der Waals surface area contributed by atoms with E-state index in [9.17, 15) is 18.3 Å². The van der Waals surface area contributed by atoms with Crippen molar-refractivity contribution in [3.05, 3.63) is 59.7 Å². The SMILES string of the molecule is CCOc1ccccc1CN(C[C@@H](C)O)C(=O)N[C@@H](C)c1ccc(S(N)(=O)=O)cc1. The predicted octanol–water partition coefficient (Wildman–Crippen LogP) is 2.39. The van der Waals surface area contributed by atoms with E-state index < -0.39 is 16.1 Å². The molecule has 0 saturated carbocycles. The maximum atomic E-state index is 12.9. The summed E-state index contributed by atoms with van der Waals surface area (Å²) in [4.78, 5) is 14.4. The average Bonchev–Trinajstić information content (AvgIpc) is 2.68. The smallest absolute Gasteiger partial charge is 0.318 e. The zero-order chi connectivity index (χ0) is 22.3. The van der Waals surface area contributed by atoms with Crippen LogP contribution in [-0.2, 0) is 16.6 Å². The number of aliphatic hydroxyl groups is 1. The number of primary sulfonamides is 1. The third-order valence-electron chi connectivity index (χ3n) is 4.45. The van der Waals surface area contributed by atoms with Crippen LogP contribution in [0.2, 0.25) is 0 Å². The van der Waals surface area contributed by atoms with Gasteiger partial charge in [-0.05, 0) is 44.5 Å². The lowest BCUT2D eigenvalue weighted by Gasteiger charge is -2.27. The Morgan fingerprint density at radius 2 is 1.80 bits per heavy atom. The van der Waals surface area contributed by atoms with Gasteiger partial charge in [0.2, 0.25) is 10.0 Å². The summed E-state index contributed by atoms with van der Waals surface area (Å²) in [5, 5.41) is 17.9. The van der Waals surface area contributed by atoms with Gasteiger partial charge in [-0.3, -0.25) is 0 Å². The van der Waals surface area contributed by atoms with Gasteiger partial charge in [-0.1, -0.05) is 30.3 Å². The lowest BCUT2D eigenvalue weighted by molar-refractivity contribution is 0.127. The fourth-order valence-corrected chi connectivity index (χ4v) is 3.50. The van der Waals surface area contributed by atoms with Crippen molar-refractivity contribution in [3.63, 3.8) is 0 Å². The van der Waals surface area contributed by atoms with E-state index in [1.165, 1.54) is 17.0 Å². The summed E-state index contributed by atoms with van der Waals surface area (Å²) in [6.07, 6.45) is -0.709. The van der Waals surface area contributed by atoms with Crippen LogP contribution in [0, 0.1) is 0 Å². The first-order valence-corrected chi connectivity index (χ1v) is 11.2. The molecular formula is C21H29N3O5S. The van der Waals surface area contributed by atoms with Crippen molar-refractivity contribution >= 4 is 16.1 Å². The number of para-hydroxylation sites is 1. The van der Waals surface area contributed by atoms with Gasteiger partial charge in [0.05, 0.1) is 30.2 Å². The maximum absolute atomic E-state index is 12.9. The van der Waals surface area contributed by atoms with Crippen LogP contribution in [0.25, 0.3) is 0 Å². The van der Waals surface area contributed by atoms with E-state index in [1.807, 2.05) is 31.2 Å². The first kappa shape index (κ1) is 23.7. The third-order valence-corrected chi connectivity index (χ3v) is 5.38. The topological polar surface area (TPSA) is 122 Å². The van der Waals surface area contributed by atoms with E-state index in [1.54, 1.807) is 26.0 Å². The highest BCUT2D eigenvalue weighted by Gasteiger charge is 2.20. The number of carbonyl (C=O) groups is 1. The Kier molecular flexibility index (Phi) is 8.22. The van der Waals surface area contributed by atoms with E-state index in [2.05, 4.69) is 5.32 Å². The van der Waals surface area contributed by atoms with Crippen molar-refractivity contribution in [2.24, 2.45) is 5.14 Å². The number of amides is 2. The fourth-order valence-electron chi connectivity index (χ4n) is 2.98. The van der Waals surface area contributed by atoms with Crippen LogP contribution < -0.4 is 15.2 Å². The van der Waals surface area contributed by atoms with Crippen molar-refractivity contribution in [1.82, 2.24) is 10.2 Å². The Morgan fingerprint density at radius 1 is 1.17 bits per heavy atom. The summed E-state index contributed by atoms with van der Waals surface area (Å²) in [5.41, 5.74) is 1.56. The summed E-state index contributed by atoms with van der Waals surface area (Å²) in [5.74, 6) is 0.690. The summed E-state index contributed by atoms with van der Waals surface area (Å²) >= 11 is 0. The van der Waals surface area contributed by atoms with Crippen LogP contribution >= 0.6 is 0 Å². The van der Waals surface area contributed by atoms with E-state index in [0.717, 1.165) is 11.1 Å². The highest BCUT2D eigenvalue weighted by Crippen LogP contribution is 2.21. The van der Waals surface area contributed by atoms with Crippen LogP contribution in [0.15, 0.2) is 53.4 Å². The highest BCUT2D eigenvalue weighted by molar-refractivity contribution is 7.89. The van der Waals surface area contributed by atoms with Gasteiger partial charge >= 0.3 is 6.03 Å². The van der Waals surface area contributed by atoms with Gasteiger partial charge in [0.1, 0.15) is 5.75 Å². The number of ether oxygens (including phenoxy) is 1. The van der Waals surface area contributed by atoms with Crippen LogP contribution in [-0.4, -0.2) is 43.7 Å². The molecule has 0 fully saturated rings. The molecule has 0 unspecified atom stereocenters. The number of hydrogen-bond acceptors (Lipinski definition) is 5. The Bertz CT molecular complexity index is 945. The molecule has 0 spiro atoms. The van der Waals surface area contributed by atoms with Crippen LogP contribution in [0.3, 0.4) is 0 Å². The van der Waals surface area contributed by atoms with Crippen molar-refractivity contribution in [3.8, 4) is 5.75 Å². The Labute approximate surface area is 177 Å². The van der Waals surface area contributed by atoms with Crippen molar-refractivity contribution in [2.45, 2.75) is 44.4 Å². The normalized spacial score (nSPS) is 13.4. The number of rotatable bonds is 9. The number of aliphatic hydroxyl groups excluding tert-OH is 1. The third kappa shape index (κ3) is 6.72. The van der Waals surface area contributed by atoms with Gasteiger partial charge in [0, 0.05) is 12.1 Å². The first-order valence-electron chi connectivity index (χ1n) is 9.68. The minimum Gasteiger partial charge on any atom is -0.494 e. The number of hydrogen-bond donors (Lipinski definition) is 3. The Morgan fingerprint density at radius 3 is 2.37 bits per heavy atom. The minimum absolute atomic E-state index is 0.00744. The Hall–Kier alpha value is -2.62. The second-order valence-electron chi connectivity index (χ2n) is 7.06. The molecule has 2 aromatic carbocycles. The summed E-state index contributed by atoms with van der Waals surface area (Å²) in [6, 6.07) is 12.7. The van der Waals surface area contributed by atoms with Crippen molar-refractivity contribution < 1.29 is 23.1 Å². The van der Waals surface area contributed by atoms with Gasteiger partial charge in [0.15, 0.2) is 0 Å². The molecule has 2 atom stereocenters. The number of sulfonamides is 1. The molecule has 30 heavy (non-hydrogen) atoms. The maximum Gasteiger partial charge on any atom is 0.318 e. The molecule has 0 bridgehead atoms. The number of urea groups is 1. The first-order chi connectivity index (χ1) is 14.1. The summed E-state index contributed by atoms with van der Waals surface area (Å²) in [7, 11) is -3.77. The highest BCUT2D eigenvalue weighted by atomic mass is 32.2. The molecular weight excluding hydrogens is 406 g/mol. The zero-order valence-corrected chi connectivity index (χ0v) is 18.2. The van der Waals surface area contributed by atoms with Crippen LogP contribution in [0.1, 0.15) is 37.9 Å². The molecule has 8 nitrogen and oxygen atoms in total. The van der Waals surface area contributed by atoms with Crippen LogP contribution in [0.5, 0.6) is 5.75 Å². The van der Waals surface area contributed by atoms with E-state index in [4.69, 9.17) is 9.88 Å². The predicted molar refractivity (Wildman–Crippen MR) is 114 cm³/mol. The molecule has 0 aliphatic carbocycles. The standard InChI is InChI=1S/C21H29N3O5S/c1-4-29-20-8-6-5-7-18(20)14-24(13-15(2)25)21(26)23-16(3)17-9-11-19(12-10-17)30(22,27)28/h5-12,15-16,25H,4,13-14H2,1-3H3,(H,23,26)(H2,22,27,28)/t15-,16+/m1/s1. The number of nitrogens with two attached hydrogens (primary N) is 1. The molecule has 164 valence electrons. The monoisotopic (exact) mass is 435 g/mol. The quantitative estimate of drug-likeness (QED) is 0.558. The largest absolute Gasteiger partial charge is 0.494 e. The molecule has 0 aromatic heterocycles. The zero-order valence-electron chi connectivity index (χ0n) is 17.4. The molecule has 9 heteroatoms. The molecule has 4 N–H and O–H groups in total. The number of carbonyl (C=O) groups excluding carboxylic acids is 1. The molecule has 0 heterocycles. The molecule has 0 aliphatic rings. The lowest BCUT2D eigenvalue weighted by atomic mass is 10.1. The second-order valence-corrected chi connectivity index (χ2v) is 8.62. The van der Waals surface area contributed by atoms with Gasteiger partial charge < -0.3 is 20.1 Å². The van der Waals surface area contributed by atoms with E-state index >= 15 is 0 Å². The average molecular weight is 436 g/mol. The van der Waals surface area contributed by atoms with Gasteiger partial charge in [-0.2, -0.15) is 0 Å². The van der Waals surface area contributed by atoms with Gasteiger partial charge in [-0.15, -0.1) is 0 Å². The fraction of sp³-hybridized carbons (Fsp3) is 0.381. The Balaban J connectivity index is 2.15. The van der Waals surface area contributed by atoms with Crippen molar-refractivity contribution in [2.75, 3.05) is 13.2 Å². The molecule has 2 amide bonds. The lowest BCUT2D eigenvalue weighted by Crippen LogP contribution is -2.43. The number of nitrogens with zero attached hydrogens (tertiary/aromatic N) is 1.